The van der Waals surface area contributed by atoms with E-state index in [-0.39, 0.29) is 23.2 Å². The van der Waals surface area contributed by atoms with Crippen molar-refractivity contribution in [3.63, 3.8) is 0 Å². The third-order valence-corrected chi connectivity index (χ3v) is 2.96. The molecule has 0 fully saturated rings. The van der Waals surface area contributed by atoms with E-state index in [1.165, 1.54) is 0 Å². The summed E-state index contributed by atoms with van der Waals surface area (Å²) in [6.07, 6.45) is -0.105. The van der Waals surface area contributed by atoms with Crippen LogP contribution in [0.4, 0.5) is 0 Å². The Labute approximate surface area is 109 Å². The summed E-state index contributed by atoms with van der Waals surface area (Å²) in [5.74, 6) is -1.23. The van der Waals surface area contributed by atoms with Crippen molar-refractivity contribution in [2.75, 3.05) is 0 Å². The van der Waals surface area contributed by atoms with Crippen LogP contribution in [0.15, 0.2) is 0 Å². The Kier molecular flexibility index (Phi) is 5.35. The van der Waals surface area contributed by atoms with Gasteiger partial charge in [0.15, 0.2) is 0 Å². The molecule has 2 atom stereocenters. The van der Waals surface area contributed by atoms with Gasteiger partial charge in [-0.1, -0.05) is 41.5 Å². The molecule has 4 N–H and O–H groups in total. The molecule has 0 saturated carbocycles. The molecule has 0 radical (unpaired) electrons. The zero-order chi connectivity index (χ0) is 14.7. The molecule has 18 heavy (non-hydrogen) atoms. The predicted molar refractivity (Wildman–Crippen MR) is 71.1 cm³/mol. The van der Waals surface area contributed by atoms with Gasteiger partial charge >= 0.3 is 5.97 Å². The lowest BCUT2D eigenvalue weighted by molar-refractivity contribution is -0.138. The lowest BCUT2D eigenvalue weighted by atomic mass is 9.83. The highest BCUT2D eigenvalue weighted by atomic mass is 16.4. The summed E-state index contributed by atoms with van der Waals surface area (Å²) in [5.41, 5.74) is 5.18. The molecule has 0 aliphatic heterocycles. The SMILES string of the molecule is CC(C)(C)C(CC(=O)O)NC(=O)C(N)C(C)(C)C. The first-order valence-electron chi connectivity index (χ1n) is 6.13. The van der Waals surface area contributed by atoms with Crippen LogP contribution in [-0.2, 0) is 9.59 Å². The molecule has 1 amide bonds. The number of hydrogen-bond acceptors (Lipinski definition) is 3. The Morgan fingerprint density at radius 2 is 1.56 bits per heavy atom. The summed E-state index contributed by atoms with van der Waals surface area (Å²) in [5, 5.41) is 11.6. The van der Waals surface area contributed by atoms with Gasteiger partial charge in [0, 0.05) is 6.04 Å². The van der Waals surface area contributed by atoms with Crippen LogP contribution in [0.2, 0.25) is 0 Å². The first-order valence-corrected chi connectivity index (χ1v) is 6.13. The van der Waals surface area contributed by atoms with E-state index >= 15 is 0 Å². The molecule has 0 heterocycles. The predicted octanol–water partition coefficient (Wildman–Crippen LogP) is 1.37. The number of carbonyl (C=O) groups excluding carboxylic acids is 1. The second kappa shape index (κ2) is 5.69. The molecule has 2 unspecified atom stereocenters. The van der Waals surface area contributed by atoms with Crippen molar-refractivity contribution in [3.05, 3.63) is 0 Å². The van der Waals surface area contributed by atoms with Gasteiger partial charge in [0.1, 0.15) is 0 Å². The molecular weight excluding hydrogens is 232 g/mol. The highest BCUT2D eigenvalue weighted by Gasteiger charge is 2.33. The number of nitrogens with two attached hydrogens (primary N) is 1. The van der Waals surface area contributed by atoms with Crippen LogP contribution in [0.25, 0.3) is 0 Å². The van der Waals surface area contributed by atoms with Gasteiger partial charge in [-0.15, -0.1) is 0 Å². The van der Waals surface area contributed by atoms with Crippen LogP contribution in [0.3, 0.4) is 0 Å². The van der Waals surface area contributed by atoms with Crippen LogP contribution in [-0.4, -0.2) is 29.1 Å². The molecule has 0 aromatic rings. The zero-order valence-electron chi connectivity index (χ0n) is 12.2. The molecular formula is C13H26N2O3. The van der Waals surface area contributed by atoms with Gasteiger partial charge in [-0.25, -0.2) is 0 Å². The van der Waals surface area contributed by atoms with Crippen molar-refractivity contribution < 1.29 is 14.7 Å². The number of hydrogen-bond donors (Lipinski definition) is 3. The van der Waals surface area contributed by atoms with Gasteiger partial charge < -0.3 is 16.2 Å². The largest absolute Gasteiger partial charge is 0.481 e. The van der Waals surface area contributed by atoms with Crippen molar-refractivity contribution in [2.45, 2.75) is 60.0 Å². The standard InChI is InChI=1S/C13H26N2O3/c1-12(2,3)8(7-9(16)17)15-11(18)10(14)13(4,5)6/h8,10H,7,14H2,1-6H3,(H,15,18)(H,16,17). The molecule has 0 rings (SSSR count). The molecule has 0 aliphatic carbocycles. The highest BCUT2D eigenvalue weighted by Crippen LogP contribution is 2.23. The molecule has 5 nitrogen and oxygen atoms in total. The van der Waals surface area contributed by atoms with E-state index in [4.69, 9.17) is 10.8 Å². The topological polar surface area (TPSA) is 92.4 Å². The number of aliphatic carboxylic acids is 1. The fraction of sp³-hybridized carbons (Fsp3) is 0.846. The third-order valence-electron chi connectivity index (χ3n) is 2.96. The summed E-state index contributed by atoms with van der Waals surface area (Å²) in [7, 11) is 0. The molecule has 0 spiro atoms. The normalized spacial score (nSPS) is 15.9. The average molecular weight is 258 g/mol. The van der Waals surface area contributed by atoms with E-state index in [1.807, 2.05) is 41.5 Å². The smallest absolute Gasteiger partial charge is 0.305 e. The maximum atomic E-state index is 12.0. The maximum Gasteiger partial charge on any atom is 0.305 e. The minimum absolute atomic E-state index is 0.105. The number of amides is 1. The summed E-state index contributed by atoms with van der Waals surface area (Å²) in [6.45, 7) is 11.3. The molecule has 0 aromatic carbocycles. The van der Waals surface area contributed by atoms with E-state index in [1.54, 1.807) is 0 Å². The minimum atomic E-state index is -0.931. The Balaban J connectivity index is 4.80. The quantitative estimate of drug-likeness (QED) is 0.710. The van der Waals surface area contributed by atoms with Crippen molar-refractivity contribution >= 4 is 11.9 Å². The van der Waals surface area contributed by atoms with Gasteiger partial charge in [0.05, 0.1) is 12.5 Å². The summed E-state index contributed by atoms with van der Waals surface area (Å²) >= 11 is 0. The van der Waals surface area contributed by atoms with Crippen LogP contribution in [0, 0.1) is 10.8 Å². The van der Waals surface area contributed by atoms with E-state index < -0.39 is 18.1 Å². The number of rotatable bonds is 4. The van der Waals surface area contributed by atoms with Crippen LogP contribution >= 0.6 is 0 Å². The maximum absolute atomic E-state index is 12.0. The Morgan fingerprint density at radius 1 is 1.11 bits per heavy atom. The van der Waals surface area contributed by atoms with E-state index in [0.29, 0.717) is 0 Å². The van der Waals surface area contributed by atoms with Gasteiger partial charge in [0.2, 0.25) is 5.91 Å². The van der Waals surface area contributed by atoms with E-state index in [9.17, 15) is 9.59 Å². The highest BCUT2D eigenvalue weighted by molar-refractivity contribution is 5.83. The minimum Gasteiger partial charge on any atom is -0.481 e. The zero-order valence-corrected chi connectivity index (χ0v) is 12.2. The molecule has 0 aliphatic rings. The fourth-order valence-electron chi connectivity index (χ4n) is 1.40. The van der Waals surface area contributed by atoms with E-state index in [2.05, 4.69) is 5.32 Å². The third kappa shape index (κ3) is 5.49. The van der Waals surface area contributed by atoms with Crippen molar-refractivity contribution in [2.24, 2.45) is 16.6 Å². The number of carboxylic acids is 1. The van der Waals surface area contributed by atoms with Crippen LogP contribution in [0.5, 0.6) is 0 Å². The lowest BCUT2D eigenvalue weighted by Gasteiger charge is -2.33. The lowest BCUT2D eigenvalue weighted by Crippen LogP contribution is -2.54. The molecule has 0 bridgehead atoms. The summed E-state index contributed by atoms with van der Waals surface area (Å²) in [6, 6.07) is -1.09. The van der Waals surface area contributed by atoms with Crippen molar-refractivity contribution in [1.82, 2.24) is 5.32 Å². The molecule has 0 saturated heterocycles. The summed E-state index contributed by atoms with van der Waals surface area (Å²) in [4.78, 5) is 22.8. The summed E-state index contributed by atoms with van der Waals surface area (Å²) < 4.78 is 0. The van der Waals surface area contributed by atoms with Crippen LogP contribution < -0.4 is 11.1 Å². The van der Waals surface area contributed by atoms with Gasteiger partial charge in [-0.05, 0) is 10.8 Å². The number of carbonyl (C=O) groups is 2. The van der Waals surface area contributed by atoms with Crippen molar-refractivity contribution in [1.29, 1.82) is 0 Å². The first kappa shape index (κ1) is 16.9. The van der Waals surface area contributed by atoms with E-state index in [0.717, 1.165) is 0 Å². The van der Waals surface area contributed by atoms with Crippen LogP contribution in [0.1, 0.15) is 48.0 Å². The Morgan fingerprint density at radius 3 is 1.83 bits per heavy atom. The molecule has 5 heteroatoms. The molecule has 106 valence electrons. The Bertz CT molecular complexity index is 313. The first-order chi connectivity index (χ1) is 7.85. The number of nitrogens with one attached hydrogen (secondary N) is 1. The average Bonchev–Trinajstić information content (AvgIpc) is 2.11. The van der Waals surface area contributed by atoms with Gasteiger partial charge in [-0.3, -0.25) is 9.59 Å². The van der Waals surface area contributed by atoms with Gasteiger partial charge in [0.25, 0.3) is 0 Å². The molecule has 0 aromatic heterocycles. The van der Waals surface area contributed by atoms with Crippen molar-refractivity contribution in [3.8, 4) is 0 Å². The second-order valence-electron chi connectivity index (χ2n) is 6.87. The fourth-order valence-corrected chi connectivity index (χ4v) is 1.40. The monoisotopic (exact) mass is 258 g/mol. The van der Waals surface area contributed by atoms with Gasteiger partial charge in [-0.2, -0.15) is 0 Å². The Hall–Kier alpha value is -1.10. The second-order valence-corrected chi connectivity index (χ2v) is 6.87. The number of carboxylic acid groups (broad SMARTS) is 1.